The third-order valence-corrected chi connectivity index (χ3v) is 2.85. The summed E-state index contributed by atoms with van der Waals surface area (Å²) in [5.41, 5.74) is 9.19. The Kier molecular flexibility index (Phi) is 3.82. The van der Waals surface area contributed by atoms with Gasteiger partial charge in [0.15, 0.2) is 0 Å². The van der Waals surface area contributed by atoms with Crippen LogP contribution in [0, 0.1) is 5.82 Å². The van der Waals surface area contributed by atoms with Crippen LogP contribution in [0.25, 0.3) is 0 Å². The first-order chi connectivity index (χ1) is 8.67. The molecule has 0 aliphatic heterocycles. The van der Waals surface area contributed by atoms with E-state index >= 15 is 0 Å². The van der Waals surface area contributed by atoms with Crippen molar-refractivity contribution in [1.82, 2.24) is 0 Å². The predicted octanol–water partition coefficient (Wildman–Crippen LogP) is 3.58. The summed E-state index contributed by atoms with van der Waals surface area (Å²) in [7, 11) is 0. The number of nitrogens with two attached hydrogens (primary N) is 1. The van der Waals surface area contributed by atoms with Gasteiger partial charge in [0.05, 0.1) is 0 Å². The Hall–Kier alpha value is -2.03. The van der Waals surface area contributed by atoms with Crippen molar-refractivity contribution < 1.29 is 4.39 Å². The fraction of sp³-hybridized carbons (Fsp3) is 0.200. The molecule has 0 bridgehead atoms. The van der Waals surface area contributed by atoms with E-state index in [1.165, 1.54) is 17.7 Å². The van der Waals surface area contributed by atoms with E-state index in [1.807, 2.05) is 0 Å². The zero-order valence-corrected chi connectivity index (χ0v) is 10.4. The first-order valence-electron chi connectivity index (χ1n) is 6.05. The zero-order chi connectivity index (χ0) is 13.0. The standard InChI is InChI=1S/C15H17FN2/c1-2-11-3-5-12(6-4-11)10-18-15-8-13(16)7-14(17)9-15/h3-9,18H,2,10,17H2,1H3. The molecule has 0 atom stereocenters. The van der Waals surface area contributed by atoms with Gasteiger partial charge >= 0.3 is 0 Å². The molecule has 0 saturated heterocycles. The molecule has 2 rings (SSSR count). The van der Waals surface area contributed by atoms with Crippen LogP contribution in [-0.2, 0) is 13.0 Å². The minimum absolute atomic E-state index is 0.321. The minimum atomic E-state index is -0.321. The number of hydrogen-bond donors (Lipinski definition) is 2. The second kappa shape index (κ2) is 5.54. The van der Waals surface area contributed by atoms with E-state index in [-0.39, 0.29) is 5.82 Å². The van der Waals surface area contributed by atoms with E-state index < -0.39 is 0 Å². The van der Waals surface area contributed by atoms with Crippen LogP contribution in [-0.4, -0.2) is 0 Å². The quantitative estimate of drug-likeness (QED) is 0.807. The smallest absolute Gasteiger partial charge is 0.127 e. The number of nitrogens with one attached hydrogen (secondary N) is 1. The molecule has 0 aliphatic carbocycles. The Morgan fingerprint density at radius 3 is 2.33 bits per heavy atom. The van der Waals surface area contributed by atoms with Crippen molar-refractivity contribution in [1.29, 1.82) is 0 Å². The van der Waals surface area contributed by atoms with Crippen molar-refractivity contribution in [3.05, 3.63) is 59.4 Å². The Bertz CT molecular complexity index is 500. The van der Waals surface area contributed by atoms with E-state index in [4.69, 9.17) is 5.73 Å². The summed E-state index contributed by atoms with van der Waals surface area (Å²) in [5.74, 6) is -0.321. The molecule has 0 radical (unpaired) electrons. The Balaban J connectivity index is 2.01. The highest BCUT2D eigenvalue weighted by molar-refractivity contribution is 5.54. The Morgan fingerprint density at radius 1 is 1.06 bits per heavy atom. The average Bonchev–Trinajstić information content (AvgIpc) is 2.36. The van der Waals surface area contributed by atoms with Crippen LogP contribution < -0.4 is 11.1 Å². The summed E-state index contributed by atoms with van der Waals surface area (Å²) in [6, 6.07) is 12.8. The first-order valence-corrected chi connectivity index (χ1v) is 6.05. The van der Waals surface area contributed by atoms with E-state index in [0.29, 0.717) is 17.9 Å². The zero-order valence-electron chi connectivity index (χ0n) is 10.4. The number of hydrogen-bond acceptors (Lipinski definition) is 2. The second-order valence-electron chi connectivity index (χ2n) is 4.30. The van der Waals surface area contributed by atoms with Gasteiger partial charge in [-0.25, -0.2) is 4.39 Å². The summed E-state index contributed by atoms with van der Waals surface area (Å²) in [6.07, 6.45) is 1.04. The number of halogens is 1. The summed E-state index contributed by atoms with van der Waals surface area (Å²) in [5, 5.41) is 3.16. The molecule has 0 aromatic heterocycles. The molecule has 18 heavy (non-hydrogen) atoms. The van der Waals surface area contributed by atoms with E-state index in [2.05, 4.69) is 36.5 Å². The van der Waals surface area contributed by atoms with Crippen molar-refractivity contribution in [2.45, 2.75) is 19.9 Å². The number of nitrogen functional groups attached to an aromatic ring is 1. The maximum absolute atomic E-state index is 13.1. The van der Waals surface area contributed by atoms with Gasteiger partial charge in [-0.3, -0.25) is 0 Å². The maximum atomic E-state index is 13.1. The summed E-state index contributed by atoms with van der Waals surface area (Å²) >= 11 is 0. The second-order valence-corrected chi connectivity index (χ2v) is 4.30. The number of anilines is 2. The number of aryl methyl sites for hydroxylation is 1. The minimum Gasteiger partial charge on any atom is -0.399 e. The van der Waals surface area contributed by atoms with Gasteiger partial charge < -0.3 is 11.1 Å². The van der Waals surface area contributed by atoms with Gasteiger partial charge in [0.2, 0.25) is 0 Å². The highest BCUT2D eigenvalue weighted by Gasteiger charge is 1.99. The molecular formula is C15H17FN2. The molecule has 94 valence electrons. The molecule has 0 saturated carbocycles. The van der Waals surface area contributed by atoms with Crippen LogP contribution in [0.3, 0.4) is 0 Å². The molecule has 2 aromatic carbocycles. The van der Waals surface area contributed by atoms with Gasteiger partial charge in [-0.2, -0.15) is 0 Å². The SMILES string of the molecule is CCc1ccc(CNc2cc(N)cc(F)c2)cc1. The first kappa shape index (κ1) is 12.4. The molecular weight excluding hydrogens is 227 g/mol. The van der Waals surface area contributed by atoms with Gasteiger partial charge in [-0.15, -0.1) is 0 Å². The molecule has 0 unspecified atom stereocenters. The molecule has 0 heterocycles. The molecule has 2 nitrogen and oxygen atoms in total. The molecule has 3 N–H and O–H groups in total. The fourth-order valence-electron chi connectivity index (χ4n) is 1.81. The average molecular weight is 244 g/mol. The van der Waals surface area contributed by atoms with Crippen LogP contribution in [0.5, 0.6) is 0 Å². The van der Waals surface area contributed by atoms with Crippen LogP contribution in [0.1, 0.15) is 18.1 Å². The van der Waals surface area contributed by atoms with E-state index in [1.54, 1.807) is 6.07 Å². The largest absolute Gasteiger partial charge is 0.399 e. The van der Waals surface area contributed by atoms with Crippen molar-refractivity contribution in [3.8, 4) is 0 Å². The van der Waals surface area contributed by atoms with Crippen LogP contribution in [0.15, 0.2) is 42.5 Å². The predicted molar refractivity (Wildman–Crippen MR) is 74.0 cm³/mol. The molecule has 2 aromatic rings. The van der Waals surface area contributed by atoms with Gasteiger partial charge in [0.25, 0.3) is 0 Å². The molecule has 3 heteroatoms. The van der Waals surface area contributed by atoms with Crippen LogP contribution in [0.4, 0.5) is 15.8 Å². The lowest BCUT2D eigenvalue weighted by Gasteiger charge is -2.08. The van der Waals surface area contributed by atoms with Gasteiger partial charge in [0.1, 0.15) is 5.82 Å². The van der Waals surface area contributed by atoms with E-state index in [0.717, 1.165) is 12.0 Å². The van der Waals surface area contributed by atoms with Gasteiger partial charge in [-0.05, 0) is 35.7 Å². The normalized spacial score (nSPS) is 10.3. The fourth-order valence-corrected chi connectivity index (χ4v) is 1.81. The Morgan fingerprint density at radius 2 is 1.72 bits per heavy atom. The van der Waals surface area contributed by atoms with Crippen molar-refractivity contribution in [2.24, 2.45) is 0 Å². The summed E-state index contributed by atoms with van der Waals surface area (Å²) < 4.78 is 13.1. The van der Waals surface area contributed by atoms with Crippen molar-refractivity contribution in [2.75, 3.05) is 11.1 Å². The monoisotopic (exact) mass is 244 g/mol. The summed E-state index contributed by atoms with van der Waals surface area (Å²) in [4.78, 5) is 0. The third kappa shape index (κ3) is 3.23. The van der Waals surface area contributed by atoms with Crippen molar-refractivity contribution in [3.63, 3.8) is 0 Å². The Labute approximate surface area is 107 Å². The molecule has 0 amide bonds. The van der Waals surface area contributed by atoms with Crippen molar-refractivity contribution >= 4 is 11.4 Å². The highest BCUT2D eigenvalue weighted by Crippen LogP contribution is 2.16. The van der Waals surface area contributed by atoms with E-state index in [9.17, 15) is 4.39 Å². The molecule has 0 aliphatic rings. The van der Waals surface area contributed by atoms with Crippen LogP contribution in [0.2, 0.25) is 0 Å². The topological polar surface area (TPSA) is 38.0 Å². The lowest BCUT2D eigenvalue weighted by atomic mass is 10.1. The number of rotatable bonds is 4. The van der Waals surface area contributed by atoms with Crippen LogP contribution >= 0.6 is 0 Å². The lowest BCUT2D eigenvalue weighted by Crippen LogP contribution is -2.00. The lowest BCUT2D eigenvalue weighted by molar-refractivity contribution is 0.629. The third-order valence-electron chi connectivity index (χ3n) is 2.85. The van der Waals surface area contributed by atoms with Gasteiger partial charge in [0, 0.05) is 17.9 Å². The summed E-state index contributed by atoms with van der Waals surface area (Å²) in [6.45, 7) is 2.79. The van der Waals surface area contributed by atoms with Gasteiger partial charge in [-0.1, -0.05) is 31.2 Å². The maximum Gasteiger partial charge on any atom is 0.127 e. The highest BCUT2D eigenvalue weighted by atomic mass is 19.1. The number of benzene rings is 2. The molecule has 0 spiro atoms. The molecule has 0 fully saturated rings.